The summed E-state index contributed by atoms with van der Waals surface area (Å²) in [6.07, 6.45) is 1.23. The number of amides is 2. The normalized spacial score (nSPS) is 26.9. The van der Waals surface area contributed by atoms with Gasteiger partial charge in [-0.1, -0.05) is 17.7 Å². The molecule has 1 spiro atoms. The Balaban J connectivity index is 1.57. The largest absolute Gasteiger partial charge is 0.342 e. The Labute approximate surface area is 172 Å². The van der Waals surface area contributed by atoms with Crippen molar-refractivity contribution in [3.63, 3.8) is 0 Å². The van der Waals surface area contributed by atoms with E-state index >= 15 is 0 Å². The Morgan fingerprint density at radius 2 is 1.76 bits per heavy atom. The van der Waals surface area contributed by atoms with Crippen LogP contribution in [0, 0.1) is 18.8 Å². The fourth-order valence-corrected chi connectivity index (χ4v) is 7.00. The van der Waals surface area contributed by atoms with E-state index in [9.17, 15) is 18.0 Å². The zero-order valence-corrected chi connectivity index (χ0v) is 18.1. The molecule has 3 fully saturated rings. The molecule has 7 nitrogen and oxygen atoms in total. The average molecular weight is 420 g/mol. The minimum absolute atomic E-state index is 0.00443. The van der Waals surface area contributed by atoms with E-state index in [1.165, 1.54) is 0 Å². The first-order valence-corrected chi connectivity index (χ1v) is 11.8. The molecule has 158 valence electrons. The number of carbonyl (C=O) groups is 2. The number of likely N-dealkylation sites (tertiary alicyclic amines) is 2. The first-order chi connectivity index (χ1) is 13.7. The smallest absolute Gasteiger partial charge is 0.243 e. The second-order valence-electron chi connectivity index (χ2n) is 8.54. The van der Waals surface area contributed by atoms with Crippen molar-refractivity contribution in [2.45, 2.75) is 44.0 Å². The van der Waals surface area contributed by atoms with Gasteiger partial charge in [-0.05, 0) is 38.8 Å². The Morgan fingerprint density at radius 3 is 2.31 bits per heavy atom. The molecule has 1 aromatic rings. The van der Waals surface area contributed by atoms with Gasteiger partial charge in [-0.15, -0.1) is 0 Å². The third-order valence-corrected chi connectivity index (χ3v) is 9.05. The van der Waals surface area contributed by atoms with Crippen LogP contribution in [0.25, 0.3) is 0 Å². The van der Waals surface area contributed by atoms with E-state index < -0.39 is 10.0 Å². The Kier molecular flexibility index (Phi) is 4.98. The minimum Gasteiger partial charge on any atom is -0.342 e. The highest BCUT2D eigenvalue weighted by atomic mass is 32.2. The zero-order chi connectivity index (χ0) is 21.0. The summed E-state index contributed by atoms with van der Waals surface area (Å²) < 4.78 is 27.7. The van der Waals surface area contributed by atoms with Crippen molar-refractivity contribution in [2.75, 3.05) is 32.7 Å². The molecule has 3 aliphatic heterocycles. The molecule has 0 saturated carbocycles. The van der Waals surface area contributed by atoms with Crippen LogP contribution in [0.5, 0.6) is 0 Å². The van der Waals surface area contributed by atoms with Gasteiger partial charge in [-0.25, -0.2) is 8.42 Å². The second kappa shape index (κ2) is 7.09. The van der Waals surface area contributed by atoms with E-state index in [4.69, 9.17) is 0 Å². The molecule has 0 radical (unpaired) electrons. The molecular weight excluding hydrogens is 390 g/mol. The highest BCUT2D eigenvalue weighted by Crippen LogP contribution is 2.50. The van der Waals surface area contributed by atoms with Crippen LogP contribution >= 0.6 is 0 Å². The maximum atomic E-state index is 13.1. The number of carbonyl (C=O) groups excluding carboxylic acids is 2. The fraction of sp³-hybridized carbons (Fsp3) is 0.619. The van der Waals surface area contributed by atoms with Gasteiger partial charge in [0.1, 0.15) is 0 Å². The second-order valence-corrected chi connectivity index (χ2v) is 10.5. The summed E-state index contributed by atoms with van der Waals surface area (Å²) >= 11 is 0. The third-order valence-electron chi connectivity index (χ3n) is 7.14. The zero-order valence-electron chi connectivity index (χ0n) is 17.3. The van der Waals surface area contributed by atoms with Crippen LogP contribution in [-0.2, 0) is 19.6 Å². The van der Waals surface area contributed by atoms with E-state index in [0.717, 1.165) is 5.56 Å². The number of hydrogen-bond donors (Lipinski definition) is 0. The maximum Gasteiger partial charge on any atom is 0.243 e. The first kappa shape index (κ1) is 20.3. The number of aryl methyl sites for hydroxylation is 1. The number of rotatable bonds is 3. The van der Waals surface area contributed by atoms with Gasteiger partial charge in [0.2, 0.25) is 21.8 Å². The predicted octanol–water partition coefficient (Wildman–Crippen LogP) is 1.47. The number of benzene rings is 1. The van der Waals surface area contributed by atoms with Gasteiger partial charge in [-0.2, -0.15) is 4.31 Å². The monoisotopic (exact) mass is 419 g/mol. The third kappa shape index (κ3) is 3.08. The highest BCUT2D eigenvalue weighted by molar-refractivity contribution is 7.89. The van der Waals surface area contributed by atoms with Gasteiger partial charge in [-0.3, -0.25) is 9.59 Å². The van der Waals surface area contributed by atoms with Crippen molar-refractivity contribution < 1.29 is 18.0 Å². The van der Waals surface area contributed by atoms with Crippen molar-refractivity contribution in [1.29, 1.82) is 0 Å². The lowest BCUT2D eigenvalue weighted by Crippen LogP contribution is -2.57. The molecule has 0 bridgehead atoms. The molecule has 2 atom stereocenters. The van der Waals surface area contributed by atoms with Gasteiger partial charge < -0.3 is 9.80 Å². The summed E-state index contributed by atoms with van der Waals surface area (Å²) in [5.74, 6) is 0.0584. The molecule has 3 saturated heterocycles. The number of sulfonamides is 1. The van der Waals surface area contributed by atoms with E-state index in [2.05, 4.69) is 0 Å². The van der Waals surface area contributed by atoms with E-state index in [1.54, 1.807) is 28.3 Å². The maximum absolute atomic E-state index is 13.1. The lowest BCUT2D eigenvalue weighted by atomic mass is 9.75. The molecule has 1 aromatic carbocycles. The van der Waals surface area contributed by atoms with Gasteiger partial charge in [0.05, 0.1) is 16.4 Å². The van der Waals surface area contributed by atoms with Crippen LogP contribution in [0.15, 0.2) is 29.2 Å². The Morgan fingerprint density at radius 1 is 1.14 bits per heavy atom. The molecule has 4 rings (SSSR count). The van der Waals surface area contributed by atoms with Gasteiger partial charge in [0, 0.05) is 45.6 Å². The van der Waals surface area contributed by atoms with Crippen LogP contribution in [0.3, 0.4) is 0 Å². The standard InChI is InChI=1S/C21H29N3O4S/c1-4-24-20(26)18-13-22(16(3)25)14-19(18)21(24)9-11-23(12-10-21)29(27,28)17-7-5-15(2)6-8-17/h5-8,18-19H,4,9-14H2,1-3H3/t18-,19-/m0/s1. The number of piperidine rings is 1. The Bertz CT molecular complexity index is 920. The molecular formula is C21H29N3O4S. The molecule has 29 heavy (non-hydrogen) atoms. The minimum atomic E-state index is -3.54. The molecule has 0 unspecified atom stereocenters. The summed E-state index contributed by atoms with van der Waals surface area (Å²) in [7, 11) is -3.54. The van der Waals surface area contributed by atoms with Crippen LogP contribution in [0.1, 0.15) is 32.3 Å². The molecule has 3 aliphatic rings. The Hall–Kier alpha value is -1.93. The number of nitrogens with zero attached hydrogens (tertiary/aromatic N) is 3. The van der Waals surface area contributed by atoms with Crippen LogP contribution in [-0.4, -0.2) is 72.6 Å². The highest BCUT2D eigenvalue weighted by Gasteiger charge is 2.61. The van der Waals surface area contributed by atoms with E-state index in [1.807, 2.05) is 30.9 Å². The van der Waals surface area contributed by atoms with Crippen molar-refractivity contribution in [3.05, 3.63) is 29.8 Å². The van der Waals surface area contributed by atoms with Crippen LogP contribution < -0.4 is 0 Å². The van der Waals surface area contributed by atoms with Crippen molar-refractivity contribution >= 4 is 21.8 Å². The van der Waals surface area contributed by atoms with Crippen molar-refractivity contribution in [1.82, 2.24) is 14.1 Å². The summed E-state index contributed by atoms with van der Waals surface area (Å²) in [5, 5.41) is 0. The van der Waals surface area contributed by atoms with E-state index in [0.29, 0.717) is 50.5 Å². The average Bonchev–Trinajstić information content (AvgIpc) is 3.22. The lowest BCUT2D eigenvalue weighted by molar-refractivity contribution is -0.136. The number of fused-ring (bicyclic) bond motifs is 2. The number of hydrogen-bond acceptors (Lipinski definition) is 4. The quantitative estimate of drug-likeness (QED) is 0.743. The molecule has 0 aliphatic carbocycles. The molecule has 8 heteroatoms. The topological polar surface area (TPSA) is 78.0 Å². The fourth-order valence-electron chi connectivity index (χ4n) is 5.56. The lowest BCUT2D eigenvalue weighted by Gasteiger charge is -2.47. The summed E-state index contributed by atoms with van der Waals surface area (Å²) in [4.78, 5) is 29.0. The summed E-state index contributed by atoms with van der Waals surface area (Å²) in [5.41, 5.74) is 0.673. The van der Waals surface area contributed by atoms with Crippen molar-refractivity contribution in [2.24, 2.45) is 11.8 Å². The van der Waals surface area contributed by atoms with Crippen LogP contribution in [0.2, 0.25) is 0 Å². The molecule has 0 aromatic heterocycles. The summed E-state index contributed by atoms with van der Waals surface area (Å²) in [6.45, 7) is 7.95. The molecule has 3 heterocycles. The van der Waals surface area contributed by atoms with Crippen LogP contribution in [0.4, 0.5) is 0 Å². The summed E-state index contributed by atoms with van der Waals surface area (Å²) in [6, 6.07) is 6.94. The van der Waals surface area contributed by atoms with Crippen molar-refractivity contribution in [3.8, 4) is 0 Å². The van der Waals surface area contributed by atoms with Gasteiger partial charge >= 0.3 is 0 Å². The van der Waals surface area contributed by atoms with E-state index in [-0.39, 0.29) is 29.2 Å². The molecule has 2 amide bonds. The van der Waals surface area contributed by atoms with Gasteiger partial charge in [0.25, 0.3) is 0 Å². The van der Waals surface area contributed by atoms with Gasteiger partial charge in [0.15, 0.2) is 0 Å². The molecule has 0 N–H and O–H groups in total. The first-order valence-electron chi connectivity index (χ1n) is 10.3. The SMILES string of the molecule is CCN1C(=O)[C@H]2CN(C(C)=O)C[C@@H]2C12CCN(S(=O)(=O)c1ccc(C)cc1)CC2. The predicted molar refractivity (Wildman–Crippen MR) is 109 cm³/mol.